The number of nitrogens with one attached hydrogen (secondary N) is 1. The quantitative estimate of drug-likeness (QED) is 0.644. The summed E-state index contributed by atoms with van der Waals surface area (Å²) in [6.45, 7) is 2.73. The van der Waals surface area contributed by atoms with Crippen molar-refractivity contribution in [3.63, 3.8) is 0 Å². The lowest BCUT2D eigenvalue weighted by Crippen LogP contribution is -2.19. The summed E-state index contributed by atoms with van der Waals surface area (Å²) < 4.78 is 23.8. The monoisotopic (exact) mass is 353 g/mol. The van der Waals surface area contributed by atoms with Crippen LogP contribution in [0.15, 0.2) is 42.5 Å². The molecule has 0 aliphatic carbocycles. The fourth-order valence-electron chi connectivity index (χ4n) is 2.05. The van der Waals surface area contributed by atoms with Gasteiger partial charge in [0, 0.05) is 18.7 Å². The van der Waals surface area contributed by atoms with Crippen LogP contribution in [0.1, 0.15) is 11.1 Å². The van der Waals surface area contributed by atoms with Crippen LogP contribution in [-0.2, 0) is 17.9 Å². The molecule has 0 radical (unpaired) electrons. The zero-order valence-electron chi connectivity index (χ0n) is 13.3. The fraction of sp³-hybridized carbons (Fsp3) is 0.333. The van der Waals surface area contributed by atoms with Gasteiger partial charge in [-0.15, -0.1) is 0 Å². The first-order valence-corrected chi connectivity index (χ1v) is 8.12. The molecular weight excluding hydrogens is 333 g/mol. The molecule has 0 saturated heterocycles. The maximum Gasteiger partial charge on any atom is 0.124 e. The van der Waals surface area contributed by atoms with E-state index in [2.05, 4.69) is 5.32 Å². The predicted octanol–water partition coefficient (Wildman–Crippen LogP) is 3.16. The first kappa shape index (κ1) is 18.7. The number of benzene rings is 2. The van der Waals surface area contributed by atoms with Gasteiger partial charge < -0.3 is 19.9 Å². The van der Waals surface area contributed by atoms with Crippen LogP contribution in [0.25, 0.3) is 0 Å². The molecule has 4 nitrogen and oxygen atoms in total. The van der Waals surface area contributed by atoms with Crippen molar-refractivity contribution >= 4 is 11.6 Å². The minimum absolute atomic E-state index is 0.0462. The second-order valence-corrected chi connectivity index (χ2v) is 5.59. The minimum atomic E-state index is -0.359. The zero-order valence-corrected chi connectivity index (χ0v) is 14.1. The number of aliphatic hydroxyl groups excluding tert-OH is 1. The van der Waals surface area contributed by atoms with Crippen molar-refractivity contribution in [2.45, 2.75) is 13.2 Å². The molecule has 0 bridgehead atoms. The van der Waals surface area contributed by atoms with E-state index in [1.54, 1.807) is 6.07 Å². The van der Waals surface area contributed by atoms with E-state index >= 15 is 0 Å². The summed E-state index contributed by atoms with van der Waals surface area (Å²) in [7, 11) is 0. The highest BCUT2D eigenvalue weighted by molar-refractivity contribution is 6.31. The van der Waals surface area contributed by atoms with E-state index in [1.165, 1.54) is 12.1 Å². The van der Waals surface area contributed by atoms with Crippen LogP contribution in [0.5, 0.6) is 5.75 Å². The first-order chi connectivity index (χ1) is 11.7. The Labute approximate surface area is 146 Å². The van der Waals surface area contributed by atoms with Crippen LogP contribution in [0.4, 0.5) is 4.39 Å². The van der Waals surface area contributed by atoms with E-state index < -0.39 is 0 Å². The van der Waals surface area contributed by atoms with Crippen LogP contribution < -0.4 is 10.1 Å². The number of hydrogen-bond acceptors (Lipinski definition) is 4. The topological polar surface area (TPSA) is 50.7 Å². The highest BCUT2D eigenvalue weighted by atomic mass is 35.5. The molecule has 2 aromatic carbocycles. The number of ether oxygens (including phenoxy) is 2. The molecule has 2 rings (SSSR count). The summed E-state index contributed by atoms with van der Waals surface area (Å²) in [4.78, 5) is 0. The van der Waals surface area contributed by atoms with Crippen LogP contribution in [0.3, 0.4) is 0 Å². The Hall–Kier alpha value is -1.66. The third-order valence-corrected chi connectivity index (χ3v) is 3.67. The van der Waals surface area contributed by atoms with Gasteiger partial charge in [-0.25, -0.2) is 4.39 Å². The molecule has 0 atom stereocenters. The van der Waals surface area contributed by atoms with E-state index in [1.807, 2.05) is 24.3 Å². The zero-order chi connectivity index (χ0) is 17.2. The lowest BCUT2D eigenvalue weighted by Gasteiger charge is -2.09. The molecule has 0 fully saturated rings. The molecule has 0 saturated carbocycles. The standard InChI is InChI=1S/C18H21ClFNO3/c19-18-11-16(20)4-3-15(18)13-24-17-5-1-14(2-6-17)12-21-7-9-23-10-8-22/h1-6,11,21-22H,7-10,12-13H2. The van der Waals surface area contributed by atoms with Crippen LogP contribution in [0.2, 0.25) is 5.02 Å². The summed E-state index contributed by atoms with van der Waals surface area (Å²) in [5.74, 6) is 0.368. The van der Waals surface area contributed by atoms with Crippen molar-refractivity contribution in [3.8, 4) is 5.75 Å². The van der Waals surface area contributed by atoms with Crippen molar-refractivity contribution in [1.82, 2.24) is 5.32 Å². The molecule has 24 heavy (non-hydrogen) atoms. The minimum Gasteiger partial charge on any atom is -0.489 e. The van der Waals surface area contributed by atoms with Gasteiger partial charge >= 0.3 is 0 Å². The normalized spacial score (nSPS) is 10.8. The van der Waals surface area contributed by atoms with Gasteiger partial charge in [0.1, 0.15) is 18.2 Å². The maximum absolute atomic E-state index is 13.0. The maximum atomic E-state index is 13.0. The molecule has 0 heterocycles. The third kappa shape index (κ3) is 6.45. The fourth-order valence-corrected chi connectivity index (χ4v) is 2.27. The lowest BCUT2D eigenvalue weighted by molar-refractivity contribution is 0.0938. The van der Waals surface area contributed by atoms with Gasteiger partial charge in [0.2, 0.25) is 0 Å². The molecule has 130 valence electrons. The first-order valence-electron chi connectivity index (χ1n) is 7.74. The van der Waals surface area contributed by atoms with Gasteiger partial charge in [0.05, 0.1) is 24.8 Å². The number of rotatable bonds is 10. The molecule has 2 N–H and O–H groups in total. The number of aliphatic hydroxyl groups is 1. The van der Waals surface area contributed by atoms with Gasteiger partial charge in [0.25, 0.3) is 0 Å². The molecule has 0 aromatic heterocycles. The van der Waals surface area contributed by atoms with E-state index in [9.17, 15) is 4.39 Å². The van der Waals surface area contributed by atoms with E-state index in [0.717, 1.165) is 30.0 Å². The van der Waals surface area contributed by atoms with Gasteiger partial charge in [0.15, 0.2) is 0 Å². The van der Waals surface area contributed by atoms with Gasteiger partial charge in [-0.05, 0) is 29.8 Å². The molecule has 0 unspecified atom stereocenters. The Bertz CT molecular complexity index is 622. The number of hydrogen-bond donors (Lipinski definition) is 2. The SMILES string of the molecule is OCCOCCNCc1ccc(OCc2ccc(F)cc2Cl)cc1. The lowest BCUT2D eigenvalue weighted by atomic mass is 10.2. The molecule has 6 heteroatoms. The Balaban J connectivity index is 1.73. The summed E-state index contributed by atoms with van der Waals surface area (Å²) in [6, 6.07) is 12.0. The second kappa shape index (κ2) is 10.3. The van der Waals surface area contributed by atoms with Crippen molar-refractivity contribution in [2.24, 2.45) is 0 Å². The van der Waals surface area contributed by atoms with Gasteiger partial charge in [-0.2, -0.15) is 0 Å². The van der Waals surface area contributed by atoms with Gasteiger partial charge in [-0.1, -0.05) is 29.8 Å². The molecule has 0 aliphatic heterocycles. The van der Waals surface area contributed by atoms with Crippen molar-refractivity contribution in [2.75, 3.05) is 26.4 Å². The Morgan fingerprint density at radius 1 is 1.08 bits per heavy atom. The average Bonchev–Trinajstić information content (AvgIpc) is 2.58. The van der Waals surface area contributed by atoms with E-state index in [4.69, 9.17) is 26.2 Å². The summed E-state index contributed by atoms with van der Waals surface area (Å²) in [5.41, 5.74) is 1.87. The Kier molecular flexibility index (Phi) is 7.98. The van der Waals surface area contributed by atoms with Crippen LogP contribution in [-0.4, -0.2) is 31.5 Å². The molecule has 0 amide bonds. The van der Waals surface area contributed by atoms with E-state index in [0.29, 0.717) is 24.8 Å². The second-order valence-electron chi connectivity index (χ2n) is 5.18. The predicted molar refractivity (Wildman–Crippen MR) is 91.8 cm³/mol. The Morgan fingerprint density at radius 2 is 1.88 bits per heavy atom. The summed E-state index contributed by atoms with van der Waals surface area (Å²) >= 11 is 5.97. The van der Waals surface area contributed by atoms with Crippen molar-refractivity contribution in [3.05, 3.63) is 64.4 Å². The average molecular weight is 354 g/mol. The van der Waals surface area contributed by atoms with Crippen LogP contribution in [0, 0.1) is 5.82 Å². The Morgan fingerprint density at radius 3 is 2.58 bits per heavy atom. The summed E-state index contributed by atoms with van der Waals surface area (Å²) in [5, 5.41) is 12.2. The molecule has 0 aliphatic rings. The van der Waals surface area contributed by atoms with Crippen molar-refractivity contribution in [1.29, 1.82) is 0 Å². The smallest absolute Gasteiger partial charge is 0.124 e. The van der Waals surface area contributed by atoms with Crippen LogP contribution >= 0.6 is 11.6 Å². The van der Waals surface area contributed by atoms with Crippen molar-refractivity contribution < 1.29 is 19.0 Å². The summed E-state index contributed by atoms with van der Waals surface area (Å²) in [6.07, 6.45) is 0. The third-order valence-electron chi connectivity index (χ3n) is 3.32. The van der Waals surface area contributed by atoms with Gasteiger partial charge in [-0.3, -0.25) is 0 Å². The molecule has 0 spiro atoms. The number of halogens is 2. The highest BCUT2D eigenvalue weighted by Crippen LogP contribution is 2.20. The van der Waals surface area contributed by atoms with E-state index in [-0.39, 0.29) is 12.4 Å². The highest BCUT2D eigenvalue weighted by Gasteiger charge is 2.03. The largest absolute Gasteiger partial charge is 0.489 e. The molecular formula is C18H21ClFNO3. The molecule has 2 aromatic rings.